The first-order valence-electron chi connectivity index (χ1n) is 9.47. The van der Waals surface area contributed by atoms with Crippen LogP contribution in [0.3, 0.4) is 0 Å². The number of benzene rings is 3. The minimum Gasteiger partial charge on any atom is -0.481 e. The number of carbonyl (C=O) groups excluding carboxylic acids is 2. The van der Waals surface area contributed by atoms with Crippen LogP contribution in [0.1, 0.15) is 17.3 Å². The number of fused-ring (bicyclic) bond motifs is 1. The predicted molar refractivity (Wildman–Crippen MR) is 117 cm³/mol. The summed E-state index contributed by atoms with van der Waals surface area (Å²) in [6.45, 7) is 1.57. The Hall–Kier alpha value is -3.43. The van der Waals surface area contributed by atoms with Crippen LogP contribution in [-0.4, -0.2) is 44.7 Å². The smallest absolute Gasteiger partial charge is 0.279 e. The van der Waals surface area contributed by atoms with Crippen molar-refractivity contribution >= 4 is 32.6 Å². The average Bonchev–Trinajstić information content (AvgIpc) is 2.77. The molecule has 0 radical (unpaired) electrons. The fourth-order valence-electron chi connectivity index (χ4n) is 2.78. The molecule has 1 atom stereocenters. The Morgan fingerprint density at radius 1 is 0.903 bits per heavy atom. The lowest BCUT2D eigenvalue weighted by Gasteiger charge is -2.16. The summed E-state index contributed by atoms with van der Waals surface area (Å²) in [6, 6.07) is 18.7. The lowest BCUT2D eigenvalue weighted by molar-refractivity contribution is -0.128. The third-order valence-electron chi connectivity index (χ3n) is 4.60. The molecule has 31 heavy (non-hydrogen) atoms. The first-order chi connectivity index (χ1) is 14.7. The van der Waals surface area contributed by atoms with Crippen molar-refractivity contribution in [2.45, 2.75) is 17.9 Å². The molecular weight excluding hydrogens is 418 g/mol. The molecule has 0 heterocycles. The maximum absolute atomic E-state index is 12.3. The molecule has 0 bridgehead atoms. The largest absolute Gasteiger partial charge is 0.481 e. The molecule has 0 aliphatic carbocycles. The van der Waals surface area contributed by atoms with Crippen LogP contribution in [0.25, 0.3) is 10.8 Å². The van der Waals surface area contributed by atoms with Gasteiger partial charge in [0.2, 0.25) is 10.0 Å². The molecule has 0 aromatic heterocycles. The zero-order chi connectivity index (χ0) is 22.6. The average molecular weight is 442 g/mol. The highest BCUT2D eigenvalue weighted by Gasteiger charge is 2.19. The number of ether oxygens (including phenoxy) is 1. The van der Waals surface area contributed by atoms with Gasteiger partial charge in [0, 0.05) is 19.7 Å². The third kappa shape index (κ3) is 5.19. The maximum atomic E-state index is 12.3. The quantitative estimate of drug-likeness (QED) is 0.571. The highest BCUT2D eigenvalue weighted by Crippen LogP contribution is 2.21. The first-order valence-corrected chi connectivity index (χ1v) is 10.9. The topological polar surface area (TPSA) is 105 Å². The van der Waals surface area contributed by atoms with Crippen LogP contribution in [0.15, 0.2) is 71.6 Å². The summed E-state index contributed by atoms with van der Waals surface area (Å²) < 4.78 is 30.9. The van der Waals surface area contributed by atoms with Gasteiger partial charge in [0.1, 0.15) is 5.75 Å². The van der Waals surface area contributed by atoms with Crippen LogP contribution in [0.5, 0.6) is 5.75 Å². The fourth-order valence-corrected chi connectivity index (χ4v) is 3.68. The normalized spacial score (nSPS) is 12.4. The standard InChI is InChI=1S/C22H23N3O5S/c1-15(30-19-11-8-16-6-4-5-7-18(16)14-19)21(26)23-24-22(27)17-9-12-20(13-10-17)31(28,29)25(2)3/h4-15H,1-3H3,(H,23,26)(H,24,27). The zero-order valence-electron chi connectivity index (χ0n) is 17.3. The van der Waals surface area contributed by atoms with Gasteiger partial charge in [-0.1, -0.05) is 30.3 Å². The number of hydrogen-bond acceptors (Lipinski definition) is 5. The molecule has 3 aromatic rings. The van der Waals surface area contributed by atoms with Gasteiger partial charge in [-0.2, -0.15) is 0 Å². The maximum Gasteiger partial charge on any atom is 0.279 e. The fraction of sp³-hybridized carbons (Fsp3) is 0.182. The number of carbonyl (C=O) groups is 2. The van der Waals surface area contributed by atoms with Gasteiger partial charge in [-0.25, -0.2) is 12.7 Å². The van der Waals surface area contributed by atoms with Gasteiger partial charge in [-0.15, -0.1) is 0 Å². The molecule has 3 rings (SSSR count). The van der Waals surface area contributed by atoms with E-state index in [1.54, 1.807) is 13.0 Å². The summed E-state index contributed by atoms with van der Waals surface area (Å²) >= 11 is 0. The van der Waals surface area contributed by atoms with Crippen LogP contribution in [-0.2, 0) is 14.8 Å². The summed E-state index contributed by atoms with van der Waals surface area (Å²) in [5.41, 5.74) is 4.80. The van der Waals surface area contributed by atoms with Gasteiger partial charge >= 0.3 is 0 Å². The van der Waals surface area contributed by atoms with E-state index in [-0.39, 0.29) is 10.5 Å². The SMILES string of the molecule is CC(Oc1ccc2ccccc2c1)C(=O)NNC(=O)c1ccc(S(=O)(=O)N(C)C)cc1. The van der Waals surface area contributed by atoms with E-state index in [0.29, 0.717) is 5.75 Å². The molecule has 8 nitrogen and oxygen atoms in total. The van der Waals surface area contributed by atoms with Gasteiger partial charge in [0.25, 0.3) is 11.8 Å². The predicted octanol–water partition coefficient (Wildman–Crippen LogP) is 2.32. The van der Waals surface area contributed by atoms with E-state index in [4.69, 9.17) is 4.74 Å². The van der Waals surface area contributed by atoms with E-state index >= 15 is 0 Å². The van der Waals surface area contributed by atoms with Crippen LogP contribution >= 0.6 is 0 Å². The van der Waals surface area contributed by atoms with Crippen LogP contribution < -0.4 is 15.6 Å². The van der Waals surface area contributed by atoms with E-state index in [2.05, 4.69) is 10.9 Å². The number of nitrogens with zero attached hydrogens (tertiary/aromatic N) is 1. The minimum atomic E-state index is -3.58. The van der Waals surface area contributed by atoms with Crippen molar-refractivity contribution in [2.24, 2.45) is 0 Å². The number of amides is 2. The second kappa shape index (κ2) is 9.15. The molecular formula is C22H23N3O5S. The highest BCUT2D eigenvalue weighted by molar-refractivity contribution is 7.89. The number of hydrogen-bond donors (Lipinski definition) is 2. The van der Waals surface area contributed by atoms with Crippen LogP contribution in [0.4, 0.5) is 0 Å². The van der Waals surface area contributed by atoms with E-state index in [9.17, 15) is 18.0 Å². The molecule has 2 amide bonds. The molecule has 162 valence electrons. The van der Waals surface area contributed by atoms with Gasteiger partial charge in [-0.3, -0.25) is 20.4 Å². The lowest BCUT2D eigenvalue weighted by Crippen LogP contribution is -2.47. The van der Waals surface area contributed by atoms with E-state index in [1.165, 1.54) is 38.4 Å². The lowest BCUT2D eigenvalue weighted by atomic mass is 10.1. The van der Waals surface area contributed by atoms with Crippen molar-refractivity contribution in [1.29, 1.82) is 0 Å². The van der Waals surface area contributed by atoms with Crippen molar-refractivity contribution in [1.82, 2.24) is 15.2 Å². The van der Waals surface area contributed by atoms with Crippen LogP contribution in [0, 0.1) is 0 Å². The molecule has 0 aliphatic heterocycles. The minimum absolute atomic E-state index is 0.0653. The molecule has 9 heteroatoms. The van der Waals surface area contributed by atoms with E-state index < -0.39 is 27.9 Å². The second-order valence-corrected chi connectivity index (χ2v) is 9.18. The van der Waals surface area contributed by atoms with Crippen molar-refractivity contribution < 1.29 is 22.7 Å². The summed E-state index contributed by atoms with van der Waals surface area (Å²) in [6.07, 6.45) is -0.853. The molecule has 0 aliphatic rings. The Bertz CT molecular complexity index is 1210. The van der Waals surface area contributed by atoms with Crippen molar-refractivity contribution in [3.63, 3.8) is 0 Å². The molecule has 2 N–H and O–H groups in total. The van der Waals surface area contributed by atoms with Crippen molar-refractivity contribution in [3.05, 3.63) is 72.3 Å². The molecule has 3 aromatic carbocycles. The molecule has 0 spiro atoms. The van der Waals surface area contributed by atoms with Crippen molar-refractivity contribution in [2.75, 3.05) is 14.1 Å². The van der Waals surface area contributed by atoms with Gasteiger partial charge in [-0.05, 0) is 54.1 Å². The number of nitrogens with one attached hydrogen (secondary N) is 2. The Kier molecular flexibility index (Phi) is 6.57. The van der Waals surface area contributed by atoms with Gasteiger partial charge in [0.05, 0.1) is 4.90 Å². The molecule has 0 fully saturated rings. The molecule has 0 saturated carbocycles. The van der Waals surface area contributed by atoms with E-state index in [0.717, 1.165) is 15.1 Å². The molecule has 0 saturated heterocycles. The summed E-state index contributed by atoms with van der Waals surface area (Å²) in [7, 11) is -0.738. The monoisotopic (exact) mass is 441 g/mol. The Balaban J connectivity index is 1.57. The van der Waals surface area contributed by atoms with Crippen LogP contribution in [0.2, 0.25) is 0 Å². The van der Waals surface area contributed by atoms with Crippen molar-refractivity contribution in [3.8, 4) is 5.75 Å². The van der Waals surface area contributed by atoms with Gasteiger partial charge in [0.15, 0.2) is 6.10 Å². The van der Waals surface area contributed by atoms with Gasteiger partial charge < -0.3 is 4.74 Å². The summed E-state index contributed by atoms with van der Waals surface area (Å²) in [5.74, 6) is -0.585. The Morgan fingerprint density at radius 3 is 2.19 bits per heavy atom. The Labute approximate surface area is 180 Å². The first kappa shape index (κ1) is 22.3. The third-order valence-corrected chi connectivity index (χ3v) is 6.43. The Morgan fingerprint density at radius 2 is 1.55 bits per heavy atom. The second-order valence-electron chi connectivity index (χ2n) is 7.02. The number of sulfonamides is 1. The molecule has 1 unspecified atom stereocenters. The zero-order valence-corrected chi connectivity index (χ0v) is 18.1. The summed E-state index contributed by atoms with van der Waals surface area (Å²) in [5, 5.41) is 2.05. The number of hydrazine groups is 1. The summed E-state index contributed by atoms with van der Waals surface area (Å²) in [4.78, 5) is 24.6. The van der Waals surface area contributed by atoms with E-state index in [1.807, 2.05) is 36.4 Å². The highest BCUT2D eigenvalue weighted by atomic mass is 32.2. The number of rotatable bonds is 6.